The number of nitrogens with zero attached hydrogens (tertiary/aromatic N) is 1. The highest BCUT2D eigenvalue weighted by Gasteiger charge is 2.35. The fraction of sp³-hybridized carbons (Fsp3) is 0.905. The van der Waals surface area contributed by atoms with Crippen molar-refractivity contribution in [2.75, 3.05) is 26.7 Å². The quantitative estimate of drug-likeness (QED) is 0.292. The van der Waals surface area contributed by atoms with E-state index >= 15 is 0 Å². The van der Waals surface area contributed by atoms with Crippen LogP contribution in [0.1, 0.15) is 72.1 Å². The van der Waals surface area contributed by atoms with Gasteiger partial charge in [-0.3, -0.25) is 9.79 Å². The van der Waals surface area contributed by atoms with E-state index in [0.717, 1.165) is 38.4 Å². The van der Waals surface area contributed by atoms with Crippen molar-refractivity contribution in [2.45, 2.75) is 84.3 Å². The first-order valence-corrected chi connectivity index (χ1v) is 10.8. The van der Waals surface area contributed by atoms with Crippen molar-refractivity contribution in [3.8, 4) is 0 Å². The lowest BCUT2D eigenvalue weighted by atomic mass is 9.78. The van der Waals surface area contributed by atoms with Crippen molar-refractivity contribution < 1.29 is 9.53 Å². The minimum atomic E-state index is 0. The number of nitrogens with one attached hydrogen (secondary N) is 3. The van der Waals surface area contributed by atoms with Gasteiger partial charge in [-0.25, -0.2) is 0 Å². The van der Waals surface area contributed by atoms with Gasteiger partial charge in [0, 0.05) is 45.1 Å². The third-order valence-electron chi connectivity index (χ3n) is 5.67. The van der Waals surface area contributed by atoms with Gasteiger partial charge in [0.05, 0.1) is 6.10 Å². The summed E-state index contributed by atoms with van der Waals surface area (Å²) in [5.74, 6) is 1.38. The second-order valence-electron chi connectivity index (χ2n) is 9.09. The molecule has 1 amide bonds. The lowest BCUT2D eigenvalue weighted by molar-refractivity contribution is -0.121. The van der Waals surface area contributed by atoms with Crippen molar-refractivity contribution in [3.63, 3.8) is 0 Å². The van der Waals surface area contributed by atoms with Crippen LogP contribution >= 0.6 is 24.0 Å². The molecule has 1 saturated heterocycles. The van der Waals surface area contributed by atoms with Crippen LogP contribution in [0.5, 0.6) is 0 Å². The molecule has 2 aliphatic rings. The Morgan fingerprint density at radius 2 is 1.79 bits per heavy atom. The molecule has 7 heteroatoms. The van der Waals surface area contributed by atoms with Crippen LogP contribution in [0.15, 0.2) is 4.99 Å². The van der Waals surface area contributed by atoms with E-state index < -0.39 is 0 Å². The summed E-state index contributed by atoms with van der Waals surface area (Å²) in [6.07, 6.45) is 9.06. The number of hydrogen-bond donors (Lipinski definition) is 3. The predicted molar refractivity (Wildman–Crippen MR) is 126 cm³/mol. The molecule has 2 fully saturated rings. The average Bonchev–Trinajstić information content (AvgIpc) is 2.64. The van der Waals surface area contributed by atoms with Gasteiger partial charge in [0.25, 0.3) is 0 Å². The maximum absolute atomic E-state index is 12.1. The van der Waals surface area contributed by atoms with Crippen molar-refractivity contribution in [1.29, 1.82) is 0 Å². The number of hydrogen-bond acceptors (Lipinski definition) is 3. The fourth-order valence-corrected chi connectivity index (χ4v) is 4.30. The Bertz CT molecular complexity index is 487. The molecule has 164 valence electrons. The summed E-state index contributed by atoms with van der Waals surface area (Å²) in [6, 6.07) is 0.379. The molecule has 1 saturated carbocycles. The third-order valence-corrected chi connectivity index (χ3v) is 5.67. The first-order valence-electron chi connectivity index (χ1n) is 10.8. The van der Waals surface area contributed by atoms with Gasteiger partial charge in [0.1, 0.15) is 0 Å². The molecule has 2 unspecified atom stereocenters. The third kappa shape index (κ3) is 8.84. The molecule has 3 N–H and O–H groups in total. The van der Waals surface area contributed by atoms with Gasteiger partial charge >= 0.3 is 0 Å². The van der Waals surface area contributed by atoms with Crippen molar-refractivity contribution in [2.24, 2.45) is 16.3 Å². The van der Waals surface area contributed by atoms with Crippen molar-refractivity contribution >= 4 is 35.8 Å². The Hall–Kier alpha value is -0.570. The van der Waals surface area contributed by atoms with Gasteiger partial charge in [-0.05, 0) is 31.1 Å². The molecule has 2 atom stereocenters. The van der Waals surface area contributed by atoms with Gasteiger partial charge in [0.15, 0.2) is 5.96 Å². The summed E-state index contributed by atoms with van der Waals surface area (Å²) in [5.41, 5.74) is 0.140. The van der Waals surface area contributed by atoms with E-state index in [1.807, 2.05) is 0 Å². The summed E-state index contributed by atoms with van der Waals surface area (Å²) in [4.78, 5) is 16.4. The van der Waals surface area contributed by atoms with Gasteiger partial charge in [0.2, 0.25) is 5.91 Å². The lowest BCUT2D eigenvalue weighted by Gasteiger charge is -2.40. The smallest absolute Gasteiger partial charge is 0.221 e. The summed E-state index contributed by atoms with van der Waals surface area (Å²) in [7, 11) is 1.77. The molecule has 0 bridgehead atoms. The standard InChI is InChI=1S/C21H40N4O2.HI/c1-21(2,3)19-16(9-8-14-27-19)15-24-20(22-4)23-13-12-18(26)25-17-10-6-5-7-11-17;/h16-17,19H,5-15H2,1-4H3,(H,25,26)(H2,22,23,24);1H. The molecular weight excluding hydrogens is 467 g/mol. The van der Waals surface area contributed by atoms with Crippen LogP contribution in [0.2, 0.25) is 0 Å². The van der Waals surface area contributed by atoms with E-state index in [2.05, 4.69) is 41.7 Å². The van der Waals surface area contributed by atoms with Crippen LogP contribution in [-0.2, 0) is 9.53 Å². The van der Waals surface area contributed by atoms with Crippen LogP contribution in [0.4, 0.5) is 0 Å². The molecule has 0 spiro atoms. The van der Waals surface area contributed by atoms with E-state index in [9.17, 15) is 4.79 Å². The second kappa shape index (κ2) is 12.9. The Morgan fingerprint density at radius 3 is 2.43 bits per heavy atom. The van der Waals surface area contributed by atoms with Crippen molar-refractivity contribution in [3.05, 3.63) is 0 Å². The molecule has 1 aliphatic carbocycles. The first-order chi connectivity index (χ1) is 12.9. The molecule has 0 aromatic carbocycles. The number of ether oxygens (including phenoxy) is 1. The Balaban J connectivity index is 0.00000392. The summed E-state index contributed by atoms with van der Waals surface area (Å²) in [6.45, 7) is 9.04. The molecule has 1 heterocycles. The van der Waals surface area contributed by atoms with Gasteiger partial charge in [-0.2, -0.15) is 0 Å². The number of guanidine groups is 1. The van der Waals surface area contributed by atoms with Gasteiger partial charge < -0.3 is 20.7 Å². The molecule has 0 radical (unpaired) electrons. The fourth-order valence-electron chi connectivity index (χ4n) is 4.30. The van der Waals surface area contributed by atoms with Crippen molar-refractivity contribution in [1.82, 2.24) is 16.0 Å². The summed E-state index contributed by atoms with van der Waals surface area (Å²) in [5, 5.41) is 9.85. The minimum absolute atomic E-state index is 0. The number of carbonyl (C=O) groups is 1. The zero-order chi connectivity index (χ0) is 19.7. The molecular formula is C21H41IN4O2. The topological polar surface area (TPSA) is 74.8 Å². The monoisotopic (exact) mass is 508 g/mol. The summed E-state index contributed by atoms with van der Waals surface area (Å²) >= 11 is 0. The Kier molecular flexibility index (Phi) is 11.7. The first kappa shape index (κ1) is 25.5. The van der Waals surface area contributed by atoms with E-state index in [1.165, 1.54) is 25.7 Å². The summed E-state index contributed by atoms with van der Waals surface area (Å²) < 4.78 is 6.05. The average molecular weight is 508 g/mol. The maximum atomic E-state index is 12.1. The van der Waals surface area contributed by atoms with Crippen LogP contribution < -0.4 is 16.0 Å². The highest BCUT2D eigenvalue weighted by Crippen LogP contribution is 2.33. The number of rotatable bonds is 6. The van der Waals surface area contributed by atoms with Crippen LogP contribution in [0, 0.1) is 11.3 Å². The SMILES string of the molecule is CN=C(NCCC(=O)NC1CCCCC1)NCC1CCCOC1C(C)(C)C.I. The lowest BCUT2D eigenvalue weighted by Crippen LogP contribution is -2.48. The maximum Gasteiger partial charge on any atom is 0.221 e. The largest absolute Gasteiger partial charge is 0.377 e. The van der Waals surface area contributed by atoms with Crippen LogP contribution in [-0.4, -0.2) is 50.8 Å². The molecule has 6 nitrogen and oxygen atoms in total. The number of carbonyl (C=O) groups excluding carboxylic acids is 1. The van der Waals surface area contributed by atoms with E-state index in [0.29, 0.717) is 24.9 Å². The highest BCUT2D eigenvalue weighted by molar-refractivity contribution is 14.0. The zero-order valence-corrected chi connectivity index (χ0v) is 20.5. The van der Waals surface area contributed by atoms with E-state index in [4.69, 9.17) is 4.74 Å². The van der Waals surface area contributed by atoms with Gasteiger partial charge in [-0.1, -0.05) is 40.0 Å². The minimum Gasteiger partial charge on any atom is -0.377 e. The van der Waals surface area contributed by atoms with Gasteiger partial charge in [-0.15, -0.1) is 24.0 Å². The highest BCUT2D eigenvalue weighted by atomic mass is 127. The second-order valence-corrected chi connectivity index (χ2v) is 9.09. The predicted octanol–water partition coefficient (Wildman–Crippen LogP) is 3.45. The molecule has 28 heavy (non-hydrogen) atoms. The molecule has 0 aromatic heterocycles. The van der Waals surface area contributed by atoms with Crippen LogP contribution in [0.25, 0.3) is 0 Å². The van der Waals surface area contributed by atoms with Crippen LogP contribution in [0.3, 0.4) is 0 Å². The number of aliphatic imine (C=N–C) groups is 1. The Labute approximate surface area is 188 Å². The molecule has 1 aliphatic heterocycles. The zero-order valence-electron chi connectivity index (χ0n) is 18.2. The molecule has 2 rings (SSSR count). The van der Waals surface area contributed by atoms with E-state index in [-0.39, 0.29) is 41.4 Å². The number of halogens is 1. The van der Waals surface area contributed by atoms with E-state index in [1.54, 1.807) is 7.05 Å². The number of amides is 1. The molecule has 0 aromatic rings. The Morgan fingerprint density at radius 1 is 1.07 bits per heavy atom. The normalized spacial score (nSPS) is 24.2.